The van der Waals surface area contributed by atoms with Crippen molar-refractivity contribution in [2.45, 2.75) is 47.0 Å². The van der Waals surface area contributed by atoms with Gasteiger partial charge in [-0.05, 0) is 61.3 Å². The van der Waals surface area contributed by atoms with Crippen LogP contribution >= 0.6 is 0 Å². The van der Waals surface area contributed by atoms with Crippen LogP contribution in [-0.4, -0.2) is 20.0 Å². The average molecular weight is 335 g/mol. The minimum atomic E-state index is -3.57. The molecule has 126 valence electrons. The molecule has 5 heteroatoms. The van der Waals surface area contributed by atoms with Crippen molar-refractivity contribution in [1.82, 2.24) is 0 Å². The van der Waals surface area contributed by atoms with E-state index >= 15 is 0 Å². The van der Waals surface area contributed by atoms with Crippen molar-refractivity contribution < 1.29 is 13.2 Å². The van der Waals surface area contributed by atoms with Gasteiger partial charge in [0.05, 0.1) is 11.2 Å². The van der Waals surface area contributed by atoms with E-state index in [0.717, 1.165) is 17.5 Å². The predicted octanol–water partition coefficient (Wildman–Crippen LogP) is 3.44. The number of nitrogens with one attached hydrogen (secondary N) is 1. The maximum absolute atomic E-state index is 12.7. The fourth-order valence-electron chi connectivity index (χ4n) is 4.45. The lowest BCUT2D eigenvalue weighted by Gasteiger charge is -2.36. The molecule has 1 aromatic rings. The van der Waals surface area contributed by atoms with Crippen molar-refractivity contribution in [2.75, 3.05) is 10.5 Å². The number of benzene rings is 1. The second-order valence-electron chi connectivity index (χ2n) is 7.83. The van der Waals surface area contributed by atoms with Gasteiger partial charge in [0.15, 0.2) is 0 Å². The van der Waals surface area contributed by atoms with Crippen LogP contribution in [0.3, 0.4) is 0 Å². The summed E-state index contributed by atoms with van der Waals surface area (Å²) >= 11 is 0. The van der Waals surface area contributed by atoms with Gasteiger partial charge in [0.2, 0.25) is 10.0 Å². The van der Waals surface area contributed by atoms with Crippen LogP contribution in [0.4, 0.5) is 5.69 Å². The molecule has 2 fully saturated rings. The highest BCUT2D eigenvalue weighted by Crippen LogP contribution is 2.64. The van der Waals surface area contributed by atoms with Gasteiger partial charge in [0.25, 0.3) is 0 Å². The molecule has 4 nitrogen and oxygen atoms in total. The van der Waals surface area contributed by atoms with Crippen molar-refractivity contribution in [3.05, 3.63) is 29.3 Å². The minimum absolute atomic E-state index is 0.102. The van der Waals surface area contributed by atoms with Crippen molar-refractivity contribution in [1.29, 1.82) is 0 Å². The molecule has 0 aliphatic heterocycles. The Morgan fingerprint density at radius 2 is 1.91 bits per heavy atom. The molecular formula is C18H25NO3S. The average Bonchev–Trinajstić information content (AvgIpc) is 2.76. The van der Waals surface area contributed by atoms with Crippen molar-refractivity contribution in [3.63, 3.8) is 0 Å². The van der Waals surface area contributed by atoms with Crippen LogP contribution in [0, 0.1) is 30.6 Å². The summed E-state index contributed by atoms with van der Waals surface area (Å²) in [5.41, 5.74) is 1.78. The summed E-state index contributed by atoms with van der Waals surface area (Å²) in [7, 11) is -3.57. The van der Waals surface area contributed by atoms with Crippen molar-refractivity contribution in [2.24, 2.45) is 16.7 Å². The van der Waals surface area contributed by atoms with Gasteiger partial charge in [0, 0.05) is 12.1 Å². The monoisotopic (exact) mass is 335 g/mol. The summed E-state index contributed by atoms with van der Waals surface area (Å²) < 4.78 is 28.1. The maximum Gasteiger partial charge on any atom is 0.233 e. The van der Waals surface area contributed by atoms with Gasteiger partial charge in [-0.1, -0.05) is 19.9 Å². The van der Waals surface area contributed by atoms with Gasteiger partial charge in [-0.15, -0.1) is 0 Å². The number of anilines is 1. The number of hydrogen-bond donors (Lipinski definition) is 1. The molecule has 1 aromatic carbocycles. The molecular weight excluding hydrogens is 310 g/mol. The van der Waals surface area contributed by atoms with Crippen molar-refractivity contribution in [3.8, 4) is 0 Å². The van der Waals surface area contributed by atoms with Crippen molar-refractivity contribution >= 4 is 21.5 Å². The molecule has 2 aliphatic carbocycles. The SMILES string of the molecule is Cc1ccc(NS(=O)(=O)C[C@]23CC[C@H](CC2=O)C3(C)C)cc1C. The molecule has 2 bridgehead atoms. The molecule has 0 saturated heterocycles. The van der Waals surface area contributed by atoms with E-state index in [0.29, 0.717) is 24.4 Å². The van der Waals surface area contributed by atoms with Gasteiger partial charge >= 0.3 is 0 Å². The second kappa shape index (κ2) is 5.07. The van der Waals surface area contributed by atoms with E-state index < -0.39 is 15.4 Å². The van der Waals surface area contributed by atoms with Gasteiger partial charge in [-0.25, -0.2) is 8.42 Å². The van der Waals surface area contributed by atoms with Crippen LogP contribution < -0.4 is 4.72 Å². The molecule has 2 atom stereocenters. The number of ketones is 1. The first-order valence-corrected chi connectivity index (χ1v) is 9.84. The largest absolute Gasteiger partial charge is 0.299 e. The van der Waals surface area contributed by atoms with Crippen LogP contribution in [0.15, 0.2) is 18.2 Å². The van der Waals surface area contributed by atoms with Crippen LogP contribution in [0.25, 0.3) is 0 Å². The summed E-state index contributed by atoms with van der Waals surface area (Å²) in [6, 6.07) is 5.52. The summed E-state index contributed by atoms with van der Waals surface area (Å²) in [5.74, 6) is 0.353. The van der Waals surface area contributed by atoms with Crippen LogP contribution in [0.5, 0.6) is 0 Å². The lowest BCUT2D eigenvalue weighted by atomic mass is 9.70. The van der Waals surface area contributed by atoms with E-state index in [4.69, 9.17) is 0 Å². The Morgan fingerprint density at radius 1 is 1.22 bits per heavy atom. The van der Waals surface area contributed by atoms with Gasteiger partial charge in [-0.2, -0.15) is 0 Å². The number of sulfonamides is 1. The third-order valence-corrected chi connectivity index (χ3v) is 7.78. The molecule has 2 aliphatic rings. The maximum atomic E-state index is 12.7. The van der Waals surface area contributed by atoms with E-state index in [9.17, 15) is 13.2 Å². The lowest BCUT2D eigenvalue weighted by molar-refractivity contribution is -0.128. The van der Waals surface area contributed by atoms with Crippen LogP contribution in [-0.2, 0) is 14.8 Å². The number of hydrogen-bond acceptors (Lipinski definition) is 3. The highest BCUT2D eigenvalue weighted by Gasteiger charge is 2.65. The molecule has 3 rings (SSSR count). The van der Waals surface area contributed by atoms with Gasteiger partial charge in [0.1, 0.15) is 5.78 Å². The molecule has 0 radical (unpaired) electrons. The molecule has 0 unspecified atom stereocenters. The normalized spacial score (nSPS) is 29.0. The number of carbonyl (C=O) groups is 1. The zero-order chi connectivity index (χ0) is 17.0. The second-order valence-corrected chi connectivity index (χ2v) is 9.55. The molecule has 2 saturated carbocycles. The van der Waals surface area contributed by atoms with Crippen LogP contribution in [0.2, 0.25) is 0 Å². The molecule has 0 amide bonds. The van der Waals surface area contributed by atoms with E-state index in [2.05, 4.69) is 18.6 Å². The zero-order valence-corrected chi connectivity index (χ0v) is 15.1. The molecule has 0 aromatic heterocycles. The third-order valence-electron chi connectivity index (χ3n) is 6.36. The fraction of sp³-hybridized carbons (Fsp3) is 0.611. The summed E-state index contributed by atoms with van der Waals surface area (Å²) in [6.07, 6.45) is 2.18. The molecule has 0 spiro atoms. The summed E-state index contributed by atoms with van der Waals surface area (Å²) in [4.78, 5) is 12.5. The molecule has 23 heavy (non-hydrogen) atoms. The Kier molecular flexibility index (Phi) is 3.63. The molecule has 0 heterocycles. The Balaban J connectivity index is 1.86. The zero-order valence-electron chi connectivity index (χ0n) is 14.3. The third kappa shape index (κ3) is 2.49. The quantitative estimate of drug-likeness (QED) is 0.917. The summed E-state index contributed by atoms with van der Waals surface area (Å²) in [6.45, 7) is 8.06. The van der Waals surface area contributed by atoms with Crippen LogP contribution in [0.1, 0.15) is 44.2 Å². The number of carbonyl (C=O) groups excluding carboxylic acids is 1. The number of fused-ring (bicyclic) bond motifs is 2. The fourth-order valence-corrected chi connectivity index (χ4v) is 6.34. The first kappa shape index (κ1) is 16.5. The predicted molar refractivity (Wildman–Crippen MR) is 91.9 cm³/mol. The topological polar surface area (TPSA) is 63.2 Å². The highest BCUT2D eigenvalue weighted by molar-refractivity contribution is 7.92. The lowest BCUT2D eigenvalue weighted by Crippen LogP contribution is -2.43. The Labute approximate surface area is 138 Å². The Bertz CT molecular complexity index is 766. The number of aryl methyl sites for hydroxylation is 2. The van der Waals surface area contributed by atoms with E-state index in [1.807, 2.05) is 26.0 Å². The smallest absolute Gasteiger partial charge is 0.233 e. The standard InChI is InChI=1S/C18H25NO3S/c1-12-5-6-15(9-13(12)2)19-23(21,22)11-18-8-7-14(10-16(18)20)17(18,3)4/h5-6,9,14,19H,7-8,10-11H2,1-4H3/t14-,18-/m1/s1. The minimum Gasteiger partial charge on any atom is -0.299 e. The Hall–Kier alpha value is -1.36. The summed E-state index contributed by atoms with van der Waals surface area (Å²) in [5, 5.41) is 0. The molecule has 1 N–H and O–H groups in total. The number of rotatable bonds is 4. The Morgan fingerprint density at radius 3 is 2.43 bits per heavy atom. The van der Waals surface area contributed by atoms with Gasteiger partial charge in [-0.3, -0.25) is 9.52 Å². The first-order valence-electron chi connectivity index (χ1n) is 8.18. The van der Waals surface area contributed by atoms with E-state index in [1.54, 1.807) is 6.07 Å². The first-order chi connectivity index (χ1) is 10.6. The highest BCUT2D eigenvalue weighted by atomic mass is 32.2. The number of Topliss-reactive ketones (excluding diaryl/α,β-unsaturated/α-hetero) is 1. The van der Waals surface area contributed by atoms with E-state index in [1.165, 1.54) is 0 Å². The van der Waals surface area contributed by atoms with E-state index in [-0.39, 0.29) is 17.0 Å². The van der Waals surface area contributed by atoms with Gasteiger partial charge < -0.3 is 0 Å².